The van der Waals surface area contributed by atoms with Crippen molar-refractivity contribution >= 4 is 28.1 Å². The second-order valence-corrected chi connectivity index (χ2v) is 11.5. The van der Waals surface area contributed by atoms with Crippen LogP contribution in [0.25, 0.3) is 16.6 Å². The average molecular weight is 646 g/mol. The SMILES string of the molecule is COc1ccc(CCn2c(CCn3nc4c(F)cccn4c3=O)nc3cc(N4CCO[C@@H](C(=O)N(C)C)C4)ccc3c2=O)cc1OC. The van der Waals surface area contributed by atoms with Crippen LogP contribution < -0.4 is 25.6 Å². The molecule has 0 unspecified atom stereocenters. The van der Waals surface area contributed by atoms with Crippen molar-refractivity contribution in [2.75, 3.05) is 52.9 Å². The first-order valence-electron chi connectivity index (χ1n) is 15.2. The number of ether oxygens (including phenoxy) is 3. The molecule has 4 heterocycles. The van der Waals surface area contributed by atoms with Crippen molar-refractivity contribution in [1.82, 2.24) is 28.6 Å². The molecule has 2 aromatic carbocycles. The number of fused-ring (bicyclic) bond motifs is 2. The van der Waals surface area contributed by atoms with Crippen LogP contribution in [-0.4, -0.2) is 88.7 Å². The predicted molar refractivity (Wildman–Crippen MR) is 173 cm³/mol. The third-order valence-corrected chi connectivity index (χ3v) is 8.35. The highest BCUT2D eigenvalue weighted by molar-refractivity contribution is 5.83. The number of benzene rings is 2. The van der Waals surface area contributed by atoms with E-state index in [9.17, 15) is 18.8 Å². The Kier molecular flexibility index (Phi) is 8.94. The molecular weight excluding hydrogens is 609 g/mol. The molecule has 1 amide bonds. The van der Waals surface area contributed by atoms with E-state index in [1.54, 1.807) is 38.9 Å². The number of morpholine rings is 1. The van der Waals surface area contributed by atoms with Crippen LogP contribution in [0.3, 0.4) is 0 Å². The van der Waals surface area contributed by atoms with Gasteiger partial charge >= 0.3 is 5.69 Å². The standard InChI is InChI=1S/C33H36FN7O6/c1-37(2)32(43)28-20-38(16-17-47-28)22-8-9-23-25(19-22)35-29(12-15-41-33(44)40-13-5-6-24(34)30(40)36-41)39(31(23)42)14-11-21-7-10-26(45-3)27(18-21)46-4/h5-10,13,18-19,28H,11-12,14-17,20H2,1-4H3/t28-/m1/s1. The lowest BCUT2D eigenvalue weighted by molar-refractivity contribution is -0.141. The summed E-state index contributed by atoms with van der Waals surface area (Å²) in [6, 6.07) is 13.7. The summed E-state index contributed by atoms with van der Waals surface area (Å²) in [5.41, 5.74) is 1.43. The third kappa shape index (κ3) is 6.28. The lowest BCUT2D eigenvalue weighted by Crippen LogP contribution is -2.49. The number of amides is 1. The number of rotatable bonds is 10. The number of aryl methyl sites for hydroxylation is 3. The Hall–Kier alpha value is -5.24. The van der Waals surface area contributed by atoms with E-state index in [1.165, 1.54) is 27.9 Å². The van der Waals surface area contributed by atoms with Crippen LogP contribution in [0.4, 0.5) is 10.1 Å². The Labute approximate surface area is 269 Å². The summed E-state index contributed by atoms with van der Waals surface area (Å²) in [6.07, 6.45) is 1.54. The zero-order valence-electron chi connectivity index (χ0n) is 26.7. The molecule has 0 spiro atoms. The number of nitrogens with zero attached hydrogens (tertiary/aromatic N) is 7. The zero-order chi connectivity index (χ0) is 33.2. The van der Waals surface area contributed by atoms with Gasteiger partial charge in [-0.25, -0.2) is 23.3 Å². The average Bonchev–Trinajstić information content (AvgIpc) is 3.42. The summed E-state index contributed by atoms with van der Waals surface area (Å²) in [5.74, 6) is 0.911. The molecule has 1 saturated heterocycles. The van der Waals surface area contributed by atoms with Crippen molar-refractivity contribution in [2.45, 2.75) is 32.0 Å². The fourth-order valence-electron chi connectivity index (χ4n) is 5.83. The molecule has 6 rings (SSSR count). The maximum absolute atomic E-state index is 14.4. The number of likely N-dealkylation sites (N-methyl/N-ethyl adjacent to an activating group) is 1. The monoisotopic (exact) mass is 645 g/mol. The summed E-state index contributed by atoms with van der Waals surface area (Å²) in [6.45, 7) is 1.70. The fraction of sp³-hybridized carbons (Fsp3) is 0.364. The molecule has 246 valence electrons. The lowest BCUT2D eigenvalue weighted by atomic mass is 10.1. The van der Waals surface area contributed by atoms with E-state index < -0.39 is 17.6 Å². The van der Waals surface area contributed by atoms with E-state index in [0.29, 0.717) is 60.9 Å². The first-order valence-corrected chi connectivity index (χ1v) is 15.2. The molecular formula is C33H36FN7O6. The zero-order valence-corrected chi connectivity index (χ0v) is 26.7. The Morgan fingerprint density at radius 1 is 1.04 bits per heavy atom. The van der Waals surface area contributed by atoms with Gasteiger partial charge in [0.05, 0.1) is 44.8 Å². The quantitative estimate of drug-likeness (QED) is 0.225. The van der Waals surface area contributed by atoms with Gasteiger partial charge in [0.1, 0.15) is 5.82 Å². The van der Waals surface area contributed by atoms with Gasteiger partial charge in [-0.15, -0.1) is 5.10 Å². The van der Waals surface area contributed by atoms with Crippen molar-refractivity contribution in [2.24, 2.45) is 0 Å². The number of hydrogen-bond donors (Lipinski definition) is 0. The van der Waals surface area contributed by atoms with Crippen LogP contribution in [0, 0.1) is 5.82 Å². The number of carbonyl (C=O) groups is 1. The molecule has 0 N–H and O–H groups in total. The number of halogens is 1. The number of hydrogen-bond acceptors (Lipinski definition) is 9. The summed E-state index contributed by atoms with van der Waals surface area (Å²) in [5, 5.41) is 4.62. The van der Waals surface area contributed by atoms with Crippen LogP contribution in [0.5, 0.6) is 11.5 Å². The normalized spacial score (nSPS) is 14.9. The fourth-order valence-corrected chi connectivity index (χ4v) is 5.83. The number of pyridine rings is 1. The first-order chi connectivity index (χ1) is 22.7. The maximum Gasteiger partial charge on any atom is 0.350 e. The van der Waals surface area contributed by atoms with E-state index in [4.69, 9.17) is 19.2 Å². The Bertz CT molecular complexity index is 2070. The number of methoxy groups -OCH3 is 2. The van der Waals surface area contributed by atoms with Crippen molar-refractivity contribution in [3.63, 3.8) is 0 Å². The number of anilines is 1. The third-order valence-electron chi connectivity index (χ3n) is 8.35. The van der Waals surface area contributed by atoms with Crippen molar-refractivity contribution < 1.29 is 23.4 Å². The summed E-state index contributed by atoms with van der Waals surface area (Å²) >= 11 is 0. The molecule has 0 bridgehead atoms. The topological polar surface area (TPSA) is 125 Å². The molecule has 47 heavy (non-hydrogen) atoms. The predicted octanol–water partition coefficient (Wildman–Crippen LogP) is 2.14. The van der Waals surface area contributed by atoms with Crippen LogP contribution in [0.15, 0.2) is 64.3 Å². The summed E-state index contributed by atoms with van der Waals surface area (Å²) in [4.78, 5) is 48.1. The Morgan fingerprint density at radius 2 is 1.85 bits per heavy atom. The highest BCUT2D eigenvalue weighted by Gasteiger charge is 2.28. The molecule has 1 atom stereocenters. The van der Waals surface area contributed by atoms with Gasteiger partial charge in [0.15, 0.2) is 29.1 Å². The van der Waals surface area contributed by atoms with Gasteiger partial charge < -0.3 is 24.0 Å². The van der Waals surface area contributed by atoms with E-state index in [2.05, 4.69) is 5.10 Å². The van der Waals surface area contributed by atoms with Gasteiger partial charge in [-0.2, -0.15) is 0 Å². The molecule has 3 aromatic heterocycles. The smallest absolute Gasteiger partial charge is 0.350 e. The molecule has 0 aliphatic carbocycles. The molecule has 13 nitrogen and oxygen atoms in total. The highest BCUT2D eigenvalue weighted by Crippen LogP contribution is 2.28. The van der Waals surface area contributed by atoms with Crippen molar-refractivity contribution in [3.8, 4) is 11.5 Å². The van der Waals surface area contributed by atoms with E-state index in [-0.39, 0.29) is 30.1 Å². The summed E-state index contributed by atoms with van der Waals surface area (Å²) < 4.78 is 34.8. The van der Waals surface area contributed by atoms with Gasteiger partial charge in [-0.05, 0) is 54.4 Å². The molecule has 0 saturated carbocycles. The molecule has 1 aliphatic rings. The first kappa shape index (κ1) is 31.7. The van der Waals surface area contributed by atoms with Crippen LogP contribution in [0.1, 0.15) is 11.4 Å². The van der Waals surface area contributed by atoms with Gasteiger partial charge in [-0.3, -0.25) is 14.2 Å². The van der Waals surface area contributed by atoms with Crippen LogP contribution in [0.2, 0.25) is 0 Å². The molecule has 14 heteroatoms. The molecule has 0 radical (unpaired) electrons. The van der Waals surface area contributed by atoms with Gasteiger partial charge in [-0.1, -0.05) is 6.07 Å². The van der Waals surface area contributed by atoms with Gasteiger partial charge in [0.2, 0.25) is 0 Å². The Morgan fingerprint density at radius 3 is 2.60 bits per heavy atom. The maximum atomic E-state index is 14.4. The molecule has 5 aromatic rings. The van der Waals surface area contributed by atoms with Crippen LogP contribution >= 0.6 is 0 Å². The minimum Gasteiger partial charge on any atom is -0.493 e. The largest absolute Gasteiger partial charge is 0.493 e. The molecule has 1 fully saturated rings. The summed E-state index contributed by atoms with van der Waals surface area (Å²) in [7, 11) is 6.52. The van der Waals surface area contributed by atoms with Gasteiger partial charge in [0.25, 0.3) is 11.5 Å². The minimum absolute atomic E-state index is 0.0731. The van der Waals surface area contributed by atoms with E-state index in [0.717, 1.165) is 15.7 Å². The van der Waals surface area contributed by atoms with Gasteiger partial charge in [0, 0.05) is 45.5 Å². The van der Waals surface area contributed by atoms with E-state index >= 15 is 0 Å². The van der Waals surface area contributed by atoms with Crippen molar-refractivity contribution in [1.29, 1.82) is 0 Å². The van der Waals surface area contributed by atoms with E-state index in [1.807, 2.05) is 35.2 Å². The second-order valence-electron chi connectivity index (χ2n) is 11.5. The minimum atomic E-state index is -0.607. The second kappa shape index (κ2) is 13.2. The lowest BCUT2D eigenvalue weighted by Gasteiger charge is -2.34. The van der Waals surface area contributed by atoms with Crippen LogP contribution in [-0.2, 0) is 35.5 Å². The van der Waals surface area contributed by atoms with Crippen molar-refractivity contribution in [3.05, 3.63) is 92.8 Å². The number of aromatic nitrogens is 5. The molecule has 1 aliphatic heterocycles. The Balaban J connectivity index is 1.35. The number of carbonyl (C=O) groups excluding carboxylic acids is 1. The highest BCUT2D eigenvalue weighted by atomic mass is 19.1.